The number of hydrogen-bond acceptors (Lipinski definition) is 4. The lowest BCUT2D eigenvalue weighted by atomic mass is 9.96. The summed E-state index contributed by atoms with van der Waals surface area (Å²) in [6, 6.07) is 8.36. The lowest BCUT2D eigenvalue weighted by Gasteiger charge is -2.27. The molecule has 27 heavy (non-hydrogen) atoms. The highest BCUT2D eigenvalue weighted by atomic mass is 19.1. The van der Waals surface area contributed by atoms with Gasteiger partial charge in [0, 0.05) is 11.6 Å². The number of carbonyl (C=O) groups is 1. The van der Waals surface area contributed by atoms with Gasteiger partial charge in [0.25, 0.3) is 5.91 Å². The van der Waals surface area contributed by atoms with Gasteiger partial charge in [-0.2, -0.15) is 0 Å². The second kappa shape index (κ2) is 7.10. The van der Waals surface area contributed by atoms with E-state index >= 15 is 0 Å². The van der Waals surface area contributed by atoms with Gasteiger partial charge in [-0.25, -0.2) is 4.39 Å². The van der Waals surface area contributed by atoms with Crippen LogP contribution >= 0.6 is 0 Å². The Labute approximate surface area is 157 Å². The molecule has 0 saturated heterocycles. The van der Waals surface area contributed by atoms with Gasteiger partial charge >= 0.3 is 0 Å². The molecule has 1 amide bonds. The Balaban J connectivity index is 1.49. The van der Waals surface area contributed by atoms with Crippen LogP contribution in [-0.4, -0.2) is 23.7 Å². The highest BCUT2D eigenvalue weighted by molar-refractivity contribution is 5.95. The number of rotatable bonds is 3. The first-order chi connectivity index (χ1) is 13.0. The fourth-order valence-corrected chi connectivity index (χ4v) is 3.87. The lowest BCUT2D eigenvalue weighted by Crippen LogP contribution is -2.41. The van der Waals surface area contributed by atoms with Crippen LogP contribution in [0.1, 0.15) is 42.7 Å². The summed E-state index contributed by atoms with van der Waals surface area (Å²) in [6.07, 6.45) is 3.32. The standard InChI is InChI=1S/C21H23FN2O3/c1-12-6-7-16-19(8-12)27-20(11-23-16)21(26)24-17-10-18(25)14(9-15(17)22)13-4-2-3-5-13/h6-10,13,20,23,25H,2-5,11H2,1H3,(H,24,26). The molecule has 142 valence electrons. The Morgan fingerprint density at radius 2 is 2.04 bits per heavy atom. The van der Waals surface area contributed by atoms with Crippen molar-refractivity contribution in [2.45, 2.75) is 44.6 Å². The zero-order valence-electron chi connectivity index (χ0n) is 15.2. The summed E-state index contributed by atoms with van der Waals surface area (Å²) < 4.78 is 20.3. The highest BCUT2D eigenvalue weighted by Crippen LogP contribution is 2.40. The molecule has 4 rings (SSSR count). The van der Waals surface area contributed by atoms with Gasteiger partial charge in [-0.05, 0) is 49.4 Å². The van der Waals surface area contributed by atoms with E-state index in [-0.39, 0.29) is 23.9 Å². The summed E-state index contributed by atoms with van der Waals surface area (Å²) in [6.45, 7) is 2.23. The van der Waals surface area contributed by atoms with Crippen LogP contribution in [0.3, 0.4) is 0 Å². The predicted octanol–water partition coefficient (Wildman–Crippen LogP) is 4.31. The predicted molar refractivity (Wildman–Crippen MR) is 102 cm³/mol. The smallest absolute Gasteiger partial charge is 0.267 e. The minimum Gasteiger partial charge on any atom is -0.508 e. The average molecular weight is 370 g/mol. The number of hydrogen-bond donors (Lipinski definition) is 3. The number of anilines is 2. The molecule has 1 fully saturated rings. The van der Waals surface area contributed by atoms with Gasteiger partial charge < -0.3 is 20.5 Å². The molecular weight excluding hydrogens is 347 g/mol. The Morgan fingerprint density at radius 1 is 1.26 bits per heavy atom. The van der Waals surface area contributed by atoms with Gasteiger partial charge in [-0.1, -0.05) is 18.9 Å². The number of phenolic OH excluding ortho intramolecular Hbond substituents is 1. The largest absolute Gasteiger partial charge is 0.508 e. The number of amides is 1. The van der Waals surface area contributed by atoms with Crippen LogP contribution in [-0.2, 0) is 4.79 Å². The van der Waals surface area contributed by atoms with Crippen LogP contribution in [0.4, 0.5) is 15.8 Å². The van der Waals surface area contributed by atoms with Crippen molar-refractivity contribution >= 4 is 17.3 Å². The molecule has 1 heterocycles. The van der Waals surface area contributed by atoms with E-state index in [1.807, 2.05) is 25.1 Å². The number of fused-ring (bicyclic) bond motifs is 1. The fraction of sp³-hybridized carbons (Fsp3) is 0.381. The molecular formula is C21H23FN2O3. The minimum atomic E-state index is -0.782. The zero-order valence-corrected chi connectivity index (χ0v) is 15.2. The summed E-state index contributed by atoms with van der Waals surface area (Å²) in [5.74, 6) is -0.178. The molecule has 6 heteroatoms. The number of carbonyl (C=O) groups excluding carboxylic acids is 1. The molecule has 3 N–H and O–H groups in total. The fourth-order valence-electron chi connectivity index (χ4n) is 3.87. The molecule has 1 aliphatic heterocycles. The maximum atomic E-state index is 14.5. The molecule has 0 radical (unpaired) electrons. The summed E-state index contributed by atoms with van der Waals surface area (Å²) in [4.78, 5) is 12.5. The quantitative estimate of drug-likeness (QED) is 0.753. The van der Waals surface area contributed by atoms with Gasteiger partial charge in [-0.15, -0.1) is 0 Å². The van der Waals surface area contributed by atoms with Gasteiger partial charge in [0.15, 0.2) is 6.10 Å². The molecule has 0 aromatic heterocycles. The Morgan fingerprint density at radius 3 is 2.81 bits per heavy atom. The molecule has 0 spiro atoms. The number of phenols is 1. The van der Waals surface area contributed by atoms with E-state index in [1.165, 1.54) is 12.1 Å². The number of aromatic hydroxyl groups is 1. The molecule has 5 nitrogen and oxygen atoms in total. The third-order valence-electron chi connectivity index (χ3n) is 5.35. The summed E-state index contributed by atoms with van der Waals surface area (Å²) >= 11 is 0. The van der Waals surface area contributed by atoms with E-state index < -0.39 is 17.8 Å². The number of aryl methyl sites for hydroxylation is 1. The molecule has 2 aromatic rings. The van der Waals surface area contributed by atoms with Crippen LogP contribution in [0.2, 0.25) is 0 Å². The first-order valence-electron chi connectivity index (χ1n) is 9.35. The molecule has 2 aromatic carbocycles. The third-order valence-corrected chi connectivity index (χ3v) is 5.35. The maximum absolute atomic E-state index is 14.5. The van der Waals surface area contributed by atoms with Crippen LogP contribution in [0.15, 0.2) is 30.3 Å². The van der Waals surface area contributed by atoms with Gasteiger partial charge in [0.2, 0.25) is 0 Å². The lowest BCUT2D eigenvalue weighted by molar-refractivity contribution is -0.122. The average Bonchev–Trinajstić information content (AvgIpc) is 3.18. The molecule has 1 saturated carbocycles. The van der Waals surface area contributed by atoms with Crippen molar-refractivity contribution < 1.29 is 19.0 Å². The van der Waals surface area contributed by atoms with E-state index in [9.17, 15) is 14.3 Å². The molecule has 1 aliphatic carbocycles. The van der Waals surface area contributed by atoms with Gasteiger partial charge in [0.1, 0.15) is 17.3 Å². The van der Waals surface area contributed by atoms with Crippen molar-refractivity contribution in [2.75, 3.05) is 17.2 Å². The van der Waals surface area contributed by atoms with Crippen molar-refractivity contribution in [1.82, 2.24) is 0 Å². The summed E-state index contributed by atoms with van der Waals surface area (Å²) in [5, 5.41) is 16.0. The Kier molecular flexibility index (Phi) is 4.64. The zero-order chi connectivity index (χ0) is 19.0. The van der Waals surface area contributed by atoms with Crippen molar-refractivity contribution in [3.63, 3.8) is 0 Å². The SMILES string of the molecule is Cc1ccc2c(c1)OC(C(=O)Nc1cc(O)c(C3CCCC3)cc1F)CN2. The van der Waals surface area contributed by atoms with E-state index in [0.717, 1.165) is 36.9 Å². The topological polar surface area (TPSA) is 70.6 Å². The van der Waals surface area contributed by atoms with E-state index in [4.69, 9.17) is 4.74 Å². The second-order valence-corrected chi connectivity index (χ2v) is 7.35. The first-order valence-corrected chi connectivity index (χ1v) is 9.35. The molecule has 0 bridgehead atoms. The summed E-state index contributed by atoms with van der Waals surface area (Å²) in [5.41, 5.74) is 2.45. The molecule has 2 aliphatic rings. The number of nitrogens with one attached hydrogen (secondary N) is 2. The van der Waals surface area contributed by atoms with Crippen LogP contribution in [0.5, 0.6) is 11.5 Å². The van der Waals surface area contributed by atoms with Gasteiger partial charge in [0.05, 0.1) is 17.9 Å². The molecule has 1 atom stereocenters. The monoisotopic (exact) mass is 370 g/mol. The van der Waals surface area contributed by atoms with Crippen LogP contribution in [0.25, 0.3) is 0 Å². The van der Waals surface area contributed by atoms with E-state index in [2.05, 4.69) is 10.6 Å². The van der Waals surface area contributed by atoms with Crippen molar-refractivity contribution in [3.05, 3.63) is 47.3 Å². The van der Waals surface area contributed by atoms with Crippen LogP contribution < -0.4 is 15.4 Å². The summed E-state index contributed by atoms with van der Waals surface area (Å²) in [7, 11) is 0. The minimum absolute atomic E-state index is 0.0297. The first kappa shape index (κ1) is 17.6. The highest BCUT2D eigenvalue weighted by Gasteiger charge is 2.28. The van der Waals surface area contributed by atoms with E-state index in [1.54, 1.807) is 0 Å². The normalized spacial score (nSPS) is 19.1. The number of benzene rings is 2. The number of halogens is 1. The Bertz CT molecular complexity index is 878. The maximum Gasteiger partial charge on any atom is 0.267 e. The third kappa shape index (κ3) is 3.56. The molecule has 1 unspecified atom stereocenters. The Hall–Kier alpha value is -2.76. The number of ether oxygens (including phenoxy) is 1. The van der Waals surface area contributed by atoms with Gasteiger partial charge in [-0.3, -0.25) is 4.79 Å². The van der Waals surface area contributed by atoms with Crippen molar-refractivity contribution in [1.29, 1.82) is 0 Å². The van der Waals surface area contributed by atoms with Crippen molar-refractivity contribution in [3.8, 4) is 11.5 Å². The second-order valence-electron chi connectivity index (χ2n) is 7.35. The van der Waals surface area contributed by atoms with E-state index in [0.29, 0.717) is 11.3 Å². The van der Waals surface area contributed by atoms with Crippen LogP contribution in [0, 0.1) is 12.7 Å². The van der Waals surface area contributed by atoms with Crippen molar-refractivity contribution in [2.24, 2.45) is 0 Å².